The quantitative estimate of drug-likeness (QED) is 0.702. The molecule has 4 bridgehead atoms. The molecule has 5 rings (SSSR count). The van der Waals surface area contributed by atoms with E-state index in [0.29, 0.717) is 13.0 Å². The molecule has 19 heavy (non-hydrogen) atoms. The van der Waals surface area contributed by atoms with E-state index in [1.54, 1.807) is 6.92 Å². The highest BCUT2D eigenvalue weighted by Gasteiger charge is 2.59. The van der Waals surface area contributed by atoms with Gasteiger partial charge in [-0.15, -0.1) is 0 Å². The van der Waals surface area contributed by atoms with E-state index in [1.807, 2.05) is 4.90 Å². The van der Waals surface area contributed by atoms with Crippen molar-refractivity contribution in [1.82, 2.24) is 4.90 Å². The topological polar surface area (TPSA) is 65.1 Å². The Bertz CT molecular complexity index is 396. The maximum atomic E-state index is 12.0. The van der Waals surface area contributed by atoms with Crippen LogP contribution in [0.25, 0.3) is 0 Å². The lowest BCUT2D eigenvalue weighted by atomic mass is 9.76. The second-order valence-electron chi connectivity index (χ2n) is 5.34. The van der Waals surface area contributed by atoms with Crippen molar-refractivity contribution in [2.45, 2.75) is 63.5 Å². The number of amides is 1. The molecule has 5 saturated heterocycles. The first-order valence-corrected chi connectivity index (χ1v) is 6.89. The third kappa shape index (κ3) is 1.98. The largest absolute Gasteiger partial charge is 0.460 e. The van der Waals surface area contributed by atoms with E-state index >= 15 is 0 Å². The minimum Gasteiger partial charge on any atom is -0.460 e. The lowest BCUT2D eigenvalue weighted by molar-refractivity contribution is -0.255. The molecule has 5 aliphatic rings. The molecule has 0 aromatic heterocycles. The summed E-state index contributed by atoms with van der Waals surface area (Å²) in [5, 5.41) is 0. The maximum Gasteiger partial charge on any atom is 0.410 e. The summed E-state index contributed by atoms with van der Waals surface area (Å²) in [7, 11) is 0. The van der Waals surface area contributed by atoms with Gasteiger partial charge in [-0.25, -0.2) is 4.79 Å². The van der Waals surface area contributed by atoms with Crippen LogP contribution in [0.1, 0.15) is 33.1 Å². The zero-order valence-corrected chi connectivity index (χ0v) is 11.2. The molecule has 1 amide bonds. The number of fused-ring (bicyclic) bond motifs is 2. The third-order valence-electron chi connectivity index (χ3n) is 4.24. The number of esters is 1. The van der Waals surface area contributed by atoms with Gasteiger partial charge < -0.3 is 14.2 Å². The van der Waals surface area contributed by atoms with Crippen molar-refractivity contribution in [2.24, 2.45) is 0 Å². The molecule has 6 nitrogen and oxygen atoms in total. The molecule has 5 atom stereocenters. The van der Waals surface area contributed by atoms with Crippen LogP contribution in [0.2, 0.25) is 0 Å². The summed E-state index contributed by atoms with van der Waals surface area (Å²) >= 11 is 0. The van der Waals surface area contributed by atoms with Gasteiger partial charge in [0, 0.05) is 13.3 Å². The summed E-state index contributed by atoms with van der Waals surface area (Å²) in [5.41, 5.74) is 0. The van der Waals surface area contributed by atoms with Gasteiger partial charge in [0.1, 0.15) is 12.2 Å². The molecule has 6 heteroatoms. The molecular formula is C13H19NO5. The van der Waals surface area contributed by atoms with Gasteiger partial charge in [0.05, 0.1) is 24.8 Å². The van der Waals surface area contributed by atoms with E-state index in [2.05, 4.69) is 0 Å². The molecule has 0 aliphatic carbocycles. The fourth-order valence-corrected chi connectivity index (χ4v) is 3.64. The van der Waals surface area contributed by atoms with Crippen molar-refractivity contribution in [1.29, 1.82) is 0 Å². The van der Waals surface area contributed by atoms with Gasteiger partial charge in [-0.05, 0) is 19.8 Å². The number of carbonyl (C=O) groups excluding carboxylic acids is 2. The van der Waals surface area contributed by atoms with Crippen LogP contribution >= 0.6 is 0 Å². The molecule has 0 aromatic carbocycles. The number of carbonyl (C=O) groups is 2. The van der Waals surface area contributed by atoms with Crippen LogP contribution in [0, 0.1) is 0 Å². The minimum atomic E-state index is -0.292. The highest BCUT2D eigenvalue weighted by atomic mass is 16.6. The Labute approximate surface area is 112 Å². The lowest BCUT2D eigenvalue weighted by Gasteiger charge is -2.60. The average Bonchev–Trinajstić information content (AvgIpc) is 2.38. The summed E-state index contributed by atoms with van der Waals surface area (Å²) in [4.78, 5) is 25.0. The van der Waals surface area contributed by atoms with E-state index in [1.165, 1.54) is 6.92 Å². The fourth-order valence-electron chi connectivity index (χ4n) is 3.64. The minimum absolute atomic E-state index is 0.0212. The summed E-state index contributed by atoms with van der Waals surface area (Å²) in [6.07, 6.45) is 1.89. The first-order valence-electron chi connectivity index (χ1n) is 6.89. The molecule has 5 fully saturated rings. The van der Waals surface area contributed by atoms with E-state index < -0.39 is 0 Å². The van der Waals surface area contributed by atoms with Crippen LogP contribution in [-0.4, -0.2) is 54.0 Å². The molecular weight excluding hydrogens is 250 g/mol. The van der Waals surface area contributed by atoms with Gasteiger partial charge in [-0.2, -0.15) is 0 Å². The summed E-state index contributed by atoms with van der Waals surface area (Å²) in [5.74, 6) is -0.292. The smallest absolute Gasteiger partial charge is 0.410 e. The third-order valence-corrected chi connectivity index (χ3v) is 4.24. The molecule has 0 saturated carbocycles. The van der Waals surface area contributed by atoms with E-state index in [-0.39, 0.29) is 42.5 Å². The van der Waals surface area contributed by atoms with E-state index in [0.717, 1.165) is 12.8 Å². The Morgan fingerprint density at radius 1 is 1.32 bits per heavy atom. The first-order chi connectivity index (χ1) is 9.11. The van der Waals surface area contributed by atoms with Crippen molar-refractivity contribution in [2.75, 3.05) is 6.61 Å². The van der Waals surface area contributed by atoms with Crippen LogP contribution in [0.4, 0.5) is 4.79 Å². The number of ether oxygens (including phenoxy) is 3. The summed E-state index contributed by atoms with van der Waals surface area (Å²) in [6, 6.07) is -0.0423. The average molecular weight is 269 g/mol. The Hall–Kier alpha value is -1.30. The predicted molar refractivity (Wildman–Crippen MR) is 64.5 cm³/mol. The van der Waals surface area contributed by atoms with Crippen LogP contribution in [0.5, 0.6) is 0 Å². The molecule has 5 heterocycles. The molecule has 106 valence electrons. The van der Waals surface area contributed by atoms with Crippen molar-refractivity contribution < 1.29 is 23.8 Å². The molecule has 5 aliphatic heterocycles. The zero-order valence-electron chi connectivity index (χ0n) is 11.2. The summed E-state index contributed by atoms with van der Waals surface area (Å²) < 4.78 is 16.4. The first kappa shape index (κ1) is 12.7. The molecule has 0 radical (unpaired) electrons. The second kappa shape index (κ2) is 4.67. The van der Waals surface area contributed by atoms with Crippen molar-refractivity contribution in [3.05, 3.63) is 0 Å². The predicted octanol–water partition coefficient (Wildman–Crippen LogP) is 1.08. The number of piperidine rings is 2. The highest BCUT2D eigenvalue weighted by molar-refractivity contribution is 5.70. The number of hydrogen-bond acceptors (Lipinski definition) is 5. The van der Waals surface area contributed by atoms with Crippen molar-refractivity contribution in [3.8, 4) is 0 Å². The van der Waals surface area contributed by atoms with Gasteiger partial charge in [0.2, 0.25) is 0 Å². The van der Waals surface area contributed by atoms with E-state index in [9.17, 15) is 9.59 Å². The Balaban J connectivity index is 1.79. The van der Waals surface area contributed by atoms with Gasteiger partial charge in [0.15, 0.2) is 0 Å². The summed E-state index contributed by atoms with van der Waals surface area (Å²) in [6.45, 7) is 3.58. The van der Waals surface area contributed by atoms with E-state index in [4.69, 9.17) is 14.2 Å². The Morgan fingerprint density at radius 3 is 2.74 bits per heavy atom. The Morgan fingerprint density at radius 2 is 2.11 bits per heavy atom. The van der Waals surface area contributed by atoms with Crippen LogP contribution < -0.4 is 0 Å². The maximum absolute atomic E-state index is 12.0. The van der Waals surface area contributed by atoms with Crippen LogP contribution in [-0.2, 0) is 19.0 Å². The van der Waals surface area contributed by atoms with Crippen molar-refractivity contribution in [3.63, 3.8) is 0 Å². The van der Waals surface area contributed by atoms with Gasteiger partial charge in [-0.3, -0.25) is 9.69 Å². The van der Waals surface area contributed by atoms with Crippen LogP contribution in [0.15, 0.2) is 0 Å². The molecule has 0 spiro atoms. The highest BCUT2D eigenvalue weighted by Crippen LogP contribution is 2.45. The van der Waals surface area contributed by atoms with Gasteiger partial charge >= 0.3 is 12.1 Å². The second-order valence-corrected chi connectivity index (χ2v) is 5.34. The number of nitrogens with zero attached hydrogens (tertiary/aromatic N) is 1. The SMILES string of the molecule is CCOC(=O)N1C2CC(OC(C)=O)C3OC2CCC31. The van der Waals surface area contributed by atoms with Crippen molar-refractivity contribution >= 4 is 12.1 Å². The normalized spacial score (nSPS) is 39.3. The zero-order chi connectivity index (χ0) is 13.6. The monoisotopic (exact) mass is 269 g/mol. The van der Waals surface area contributed by atoms with Gasteiger partial charge in [-0.1, -0.05) is 0 Å². The fraction of sp³-hybridized carbons (Fsp3) is 0.846. The number of hydrogen-bond donors (Lipinski definition) is 0. The molecule has 5 unspecified atom stereocenters. The Kier molecular flexibility index (Phi) is 3.12. The standard InChI is InChI=1S/C13H19NO5/c1-3-17-13(16)14-8-4-5-10-9(14)6-11(12(8)19-10)18-7(2)15/h8-12H,3-6H2,1-2H3. The molecule has 0 aromatic rings. The molecule has 0 N–H and O–H groups in total. The number of morpholine rings is 1. The van der Waals surface area contributed by atoms with Gasteiger partial charge in [0.25, 0.3) is 0 Å². The number of rotatable bonds is 2. The lowest BCUT2D eigenvalue weighted by Crippen LogP contribution is -2.74. The van der Waals surface area contributed by atoms with Crippen LogP contribution in [0.3, 0.4) is 0 Å².